The molecule has 0 radical (unpaired) electrons. The van der Waals surface area contributed by atoms with E-state index in [2.05, 4.69) is 4.72 Å². The molecule has 0 unspecified atom stereocenters. The quantitative estimate of drug-likeness (QED) is 0.719. The zero-order valence-corrected chi connectivity index (χ0v) is 11.6. The second-order valence-electron chi connectivity index (χ2n) is 5.03. The average molecular weight is 284 g/mol. The number of benzene rings is 1. The Labute approximate surface area is 113 Å². The number of anilines is 1. The van der Waals surface area contributed by atoms with Crippen LogP contribution in [0.1, 0.15) is 31.2 Å². The highest BCUT2D eigenvalue weighted by molar-refractivity contribution is 7.88. The number of nitrogens with one attached hydrogen (secondary N) is 1. The van der Waals surface area contributed by atoms with E-state index in [1.807, 2.05) is 0 Å². The Morgan fingerprint density at radius 2 is 1.95 bits per heavy atom. The van der Waals surface area contributed by atoms with E-state index in [0.29, 0.717) is 24.1 Å². The predicted molar refractivity (Wildman–Crippen MR) is 74.9 cm³/mol. The lowest BCUT2D eigenvalue weighted by atomic mass is 9.93. The molecule has 0 amide bonds. The standard InChI is InChI=1S/C13H20N2O3S/c14-11-6-2-1-5-10(11)9-19(17,18)15-12-7-3-4-8-13(12)16/h1-2,5-6,12-13,15-16H,3-4,7-9,14H2/t12-,13-/m1/s1. The highest BCUT2D eigenvalue weighted by Crippen LogP contribution is 2.20. The molecule has 1 aliphatic rings. The van der Waals surface area contributed by atoms with Gasteiger partial charge in [-0.25, -0.2) is 13.1 Å². The molecule has 1 aromatic carbocycles. The van der Waals surface area contributed by atoms with Crippen LogP contribution in [0, 0.1) is 0 Å². The Hall–Kier alpha value is -1.11. The van der Waals surface area contributed by atoms with Gasteiger partial charge < -0.3 is 10.8 Å². The Bertz CT molecular complexity index is 530. The van der Waals surface area contributed by atoms with Crippen LogP contribution < -0.4 is 10.5 Å². The topological polar surface area (TPSA) is 92.4 Å². The maximum Gasteiger partial charge on any atom is 0.216 e. The predicted octanol–water partition coefficient (Wildman–Crippen LogP) is 0.992. The molecule has 0 heterocycles. The van der Waals surface area contributed by atoms with Gasteiger partial charge in [-0.2, -0.15) is 0 Å². The Morgan fingerprint density at radius 3 is 2.63 bits per heavy atom. The molecule has 0 spiro atoms. The molecule has 1 aliphatic carbocycles. The summed E-state index contributed by atoms with van der Waals surface area (Å²) in [4.78, 5) is 0. The first-order valence-corrected chi connectivity index (χ1v) is 8.14. The zero-order valence-electron chi connectivity index (χ0n) is 10.7. The number of hydrogen-bond donors (Lipinski definition) is 3. The second kappa shape index (κ2) is 5.90. The van der Waals surface area contributed by atoms with Crippen molar-refractivity contribution in [3.05, 3.63) is 29.8 Å². The van der Waals surface area contributed by atoms with Gasteiger partial charge in [0.1, 0.15) is 0 Å². The molecule has 1 fully saturated rings. The SMILES string of the molecule is Nc1ccccc1CS(=O)(=O)N[C@@H]1CCCC[C@H]1O. The Morgan fingerprint density at radius 1 is 1.26 bits per heavy atom. The molecule has 2 atom stereocenters. The number of aliphatic hydroxyl groups is 1. The van der Waals surface area contributed by atoms with E-state index < -0.39 is 16.1 Å². The van der Waals surface area contributed by atoms with Gasteiger partial charge in [0.05, 0.1) is 11.9 Å². The maximum absolute atomic E-state index is 12.1. The first-order chi connectivity index (χ1) is 8.98. The summed E-state index contributed by atoms with van der Waals surface area (Å²) in [6, 6.07) is 6.54. The van der Waals surface area contributed by atoms with Gasteiger partial charge >= 0.3 is 0 Å². The van der Waals surface area contributed by atoms with Crippen LogP contribution in [-0.2, 0) is 15.8 Å². The van der Waals surface area contributed by atoms with Crippen molar-refractivity contribution in [3.8, 4) is 0 Å². The summed E-state index contributed by atoms with van der Waals surface area (Å²) in [5.74, 6) is -0.150. The van der Waals surface area contributed by atoms with Crippen molar-refractivity contribution >= 4 is 15.7 Å². The number of aliphatic hydroxyl groups excluding tert-OH is 1. The monoisotopic (exact) mass is 284 g/mol. The number of nitrogens with two attached hydrogens (primary N) is 1. The highest BCUT2D eigenvalue weighted by Gasteiger charge is 2.27. The molecule has 5 nitrogen and oxygen atoms in total. The lowest BCUT2D eigenvalue weighted by Crippen LogP contribution is -2.45. The third kappa shape index (κ3) is 3.92. The number of hydrogen-bond acceptors (Lipinski definition) is 4. The lowest BCUT2D eigenvalue weighted by molar-refractivity contribution is 0.101. The molecule has 19 heavy (non-hydrogen) atoms. The maximum atomic E-state index is 12.1. The number of sulfonamides is 1. The summed E-state index contributed by atoms with van der Waals surface area (Å²) >= 11 is 0. The van der Waals surface area contributed by atoms with Crippen molar-refractivity contribution in [1.82, 2.24) is 4.72 Å². The summed E-state index contributed by atoms with van der Waals surface area (Å²) in [6.07, 6.45) is 2.64. The van der Waals surface area contributed by atoms with Crippen LogP contribution in [0.3, 0.4) is 0 Å². The largest absolute Gasteiger partial charge is 0.398 e. The fourth-order valence-corrected chi connectivity index (χ4v) is 3.88. The minimum absolute atomic E-state index is 0.150. The van der Waals surface area contributed by atoms with E-state index in [4.69, 9.17) is 5.73 Å². The van der Waals surface area contributed by atoms with Gasteiger partial charge in [0.25, 0.3) is 0 Å². The third-order valence-corrected chi connectivity index (χ3v) is 4.81. The van der Waals surface area contributed by atoms with E-state index in [-0.39, 0.29) is 11.8 Å². The minimum atomic E-state index is -3.48. The van der Waals surface area contributed by atoms with Crippen LogP contribution >= 0.6 is 0 Å². The summed E-state index contributed by atoms with van der Waals surface area (Å²) in [5, 5.41) is 9.80. The molecule has 1 aromatic rings. The van der Waals surface area contributed by atoms with Gasteiger partial charge in [-0.15, -0.1) is 0 Å². The summed E-state index contributed by atoms with van der Waals surface area (Å²) in [5.41, 5.74) is 6.80. The van der Waals surface area contributed by atoms with Crippen LogP contribution in [0.4, 0.5) is 5.69 Å². The van der Waals surface area contributed by atoms with E-state index in [1.54, 1.807) is 24.3 Å². The first-order valence-electron chi connectivity index (χ1n) is 6.49. The van der Waals surface area contributed by atoms with Crippen LogP contribution in [0.2, 0.25) is 0 Å². The number of para-hydroxylation sites is 1. The van der Waals surface area contributed by atoms with Crippen molar-refractivity contribution in [2.45, 2.75) is 43.6 Å². The Kier molecular flexibility index (Phi) is 4.44. The molecular formula is C13H20N2O3S. The molecule has 0 aliphatic heterocycles. The highest BCUT2D eigenvalue weighted by atomic mass is 32.2. The zero-order chi connectivity index (χ0) is 13.9. The van der Waals surface area contributed by atoms with Crippen molar-refractivity contribution in [1.29, 1.82) is 0 Å². The normalized spacial score (nSPS) is 24.3. The van der Waals surface area contributed by atoms with E-state index in [0.717, 1.165) is 12.8 Å². The van der Waals surface area contributed by atoms with Crippen LogP contribution in [0.15, 0.2) is 24.3 Å². The van der Waals surface area contributed by atoms with Gasteiger partial charge in [0.2, 0.25) is 10.0 Å². The van der Waals surface area contributed by atoms with Gasteiger partial charge in [-0.3, -0.25) is 0 Å². The molecule has 1 saturated carbocycles. The third-order valence-electron chi connectivity index (χ3n) is 3.46. The Balaban J connectivity index is 2.04. The fraction of sp³-hybridized carbons (Fsp3) is 0.538. The van der Waals surface area contributed by atoms with Gasteiger partial charge in [-0.05, 0) is 24.5 Å². The molecule has 6 heteroatoms. The fourth-order valence-electron chi connectivity index (χ4n) is 2.39. The molecule has 106 valence electrons. The van der Waals surface area contributed by atoms with Gasteiger partial charge in [-0.1, -0.05) is 31.0 Å². The number of nitrogen functional groups attached to an aromatic ring is 1. The van der Waals surface area contributed by atoms with Crippen LogP contribution in [0.25, 0.3) is 0 Å². The van der Waals surface area contributed by atoms with Crippen LogP contribution in [-0.4, -0.2) is 25.7 Å². The molecular weight excluding hydrogens is 264 g/mol. The van der Waals surface area contributed by atoms with Crippen LogP contribution in [0.5, 0.6) is 0 Å². The van der Waals surface area contributed by atoms with Gasteiger partial charge in [0.15, 0.2) is 0 Å². The second-order valence-corrected chi connectivity index (χ2v) is 6.79. The van der Waals surface area contributed by atoms with Crippen molar-refractivity contribution in [2.75, 3.05) is 5.73 Å². The summed E-state index contributed by atoms with van der Waals surface area (Å²) < 4.78 is 26.8. The molecule has 2 rings (SSSR count). The summed E-state index contributed by atoms with van der Waals surface area (Å²) in [6.45, 7) is 0. The van der Waals surface area contributed by atoms with E-state index >= 15 is 0 Å². The molecule has 0 bridgehead atoms. The molecule has 0 saturated heterocycles. The molecule has 4 N–H and O–H groups in total. The van der Waals surface area contributed by atoms with Gasteiger partial charge in [0, 0.05) is 11.7 Å². The number of rotatable bonds is 4. The smallest absolute Gasteiger partial charge is 0.216 e. The lowest BCUT2D eigenvalue weighted by Gasteiger charge is -2.28. The van der Waals surface area contributed by atoms with E-state index in [1.165, 1.54) is 0 Å². The van der Waals surface area contributed by atoms with Crippen molar-refractivity contribution < 1.29 is 13.5 Å². The average Bonchev–Trinajstić information content (AvgIpc) is 2.35. The van der Waals surface area contributed by atoms with Crippen molar-refractivity contribution in [3.63, 3.8) is 0 Å². The summed E-state index contributed by atoms with van der Waals surface area (Å²) in [7, 11) is -3.48. The van der Waals surface area contributed by atoms with E-state index in [9.17, 15) is 13.5 Å². The first kappa shape index (κ1) is 14.3. The minimum Gasteiger partial charge on any atom is -0.398 e. The van der Waals surface area contributed by atoms with Crippen molar-refractivity contribution in [2.24, 2.45) is 0 Å². The molecule has 0 aromatic heterocycles.